The Morgan fingerprint density at radius 2 is 1.54 bits per heavy atom. The minimum absolute atomic E-state index is 0.0821. The van der Waals surface area contributed by atoms with Gasteiger partial charge in [-0.3, -0.25) is 20.4 Å². The number of benzene rings is 2. The number of rotatable bonds is 6. The average molecular weight is 328 g/mol. The van der Waals surface area contributed by atoms with Gasteiger partial charge in [-0.25, -0.2) is 0 Å². The normalized spacial score (nSPS) is 9.92. The lowest BCUT2D eigenvalue weighted by Crippen LogP contribution is -2.43. The largest absolute Gasteiger partial charge is 0.497 e. The fourth-order valence-electron chi connectivity index (χ4n) is 2.18. The number of carbonyl (C=O) groups is 2. The van der Waals surface area contributed by atoms with E-state index in [1.165, 1.54) is 7.11 Å². The number of nitrogens with one attached hydrogen (secondary N) is 2. The van der Waals surface area contributed by atoms with Crippen LogP contribution in [-0.4, -0.2) is 26.0 Å². The lowest BCUT2D eigenvalue weighted by Gasteiger charge is -2.11. The van der Waals surface area contributed by atoms with Crippen molar-refractivity contribution in [3.8, 4) is 11.5 Å². The van der Waals surface area contributed by atoms with E-state index in [1.807, 2.05) is 30.3 Å². The van der Waals surface area contributed by atoms with Gasteiger partial charge in [0.1, 0.15) is 11.5 Å². The molecule has 0 unspecified atom stereocenters. The molecule has 2 N–H and O–H groups in total. The maximum absolute atomic E-state index is 12.0. The highest BCUT2D eigenvalue weighted by Gasteiger charge is 2.11. The second kappa shape index (κ2) is 8.57. The number of hydrazine groups is 1. The molecule has 2 aromatic rings. The fourth-order valence-corrected chi connectivity index (χ4v) is 2.18. The first-order valence-electron chi connectivity index (χ1n) is 7.45. The van der Waals surface area contributed by atoms with Crippen molar-refractivity contribution in [2.75, 3.05) is 14.2 Å². The Bertz CT molecular complexity index is 701. The molecule has 0 aromatic heterocycles. The zero-order valence-corrected chi connectivity index (χ0v) is 13.7. The summed E-state index contributed by atoms with van der Waals surface area (Å²) in [4.78, 5) is 23.8. The molecule has 0 spiro atoms. The highest BCUT2D eigenvalue weighted by Crippen LogP contribution is 2.24. The second-order valence-electron chi connectivity index (χ2n) is 5.11. The smallest absolute Gasteiger partial charge is 0.242 e. The van der Waals surface area contributed by atoms with Crippen LogP contribution in [0.25, 0.3) is 0 Å². The molecule has 0 fully saturated rings. The van der Waals surface area contributed by atoms with E-state index in [1.54, 1.807) is 25.3 Å². The van der Waals surface area contributed by atoms with Crippen LogP contribution in [0.15, 0.2) is 48.5 Å². The van der Waals surface area contributed by atoms with Gasteiger partial charge in [0.2, 0.25) is 11.8 Å². The summed E-state index contributed by atoms with van der Waals surface area (Å²) in [7, 11) is 3.08. The van der Waals surface area contributed by atoms with Gasteiger partial charge in [0, 0.05) is 11.6 Å². The van der Waals surface area contributed by atoms with Gasteiger partial charge in [-0.15, -0.1) is 0 Å². The fraction of sp³-hybridized carbons (Fsp3) is 0.222. The van der Waals surface area contributed by atoms with E-state index in [0.717, 1.165) is 5.56 Å². The monoisotopic (exact) mass is 328 g/mol. The van der Waals surface area contributed by atoms with E-state index in [0.29, 0.717) is 17.1 Å². The third-order valence-corrected chi connectivity index (χ3v) is 3.39. The van der Waals surface area contributed by atoms with Gasteiger partial charge < -0.3 is 9.47 Å². The molecule has 0 bridgehead atoms. The molecule has 0 saturated carbocycles. The minimum Gasteiger partial charge on any atom is -0.497 e. The molecule has 0 atom stereocenters. The van der Waals surface area contributed by atoms with E-state index in [9.17, 15) is 9.59 Å². The predicted octanol–water partition coefficient (Wildman–Crippen LogP) is 1.64. The quantitative estimate of drug-likeness (QED) is 0.790. The van der Waals surface area contributed by atoms with Crippen molar-refractivity contribution in [3.05, 3.63) is 59.7 Å². The van der Waals surface area contributed by atoms with Crippen LogP contribution in [-0.2, 0) is 22.4 Å². The predicted molar refractivity (Wildman–Crippen MR) is 89.7 cm³/mol. The average Bonchev–Trinajstić information content (AvgIpc) is 2.61. The van der Waals surface area contributed by atoms with E-state index in [2.05, 4.69) is 10.9 Å². The summed E-state index contributed by atoms with van der Waals surface area (Å²) in [5, 5.41) is 0. The van der Waals surface area contributed by atoms with Crippen molar-refractivity contribution in [3.63, 3.8) is 0 Å². The van der Waals surface area contributed by atoms with Crippen LogP contribution in [0, 0.1) is 0 Å². The Morgan fingerprint density at radius 1 is 0.875 bits per heavy atom. The number of hydrogen-bond acceptors (Lipinski definition) is 4. The van der Waals surface area contributed by atoms with Crippen molar-refractivity contribution >= 4 is 11.8 Å². The van der Waals surface area contributed by atoms with Gasteiger partial charge in [-0.2, -0.15) is 0 Å². The lowest BCUT2D eigenvalue weighted by molar-refractivity contribution is -0.128. The van der Waals surface area contributed by atoms with Gasteiger partial charge in [0.05, 0.1) is 27.1 Å². The topological polar surface area (TPSA) is 76.7 Å². The standard InChI is InChI=1S/C18H20N2O4/c1-23-15-9-8-14(16(12-15)24-2)11-18(22)20-19-17(21)10-13-6-4-3-5-7-13/h3-9,12H,10-11H2,1-2H3,(H,19,21)(H,20,22). The zero-order valence-electron chi connectivity index (χ0n) is 13.7. The summed E-state index contributed by atoms with van der Waals surface area (Å²) < 4.78 is 10.4. The minimum atomic E-state index is -0.333. The Balaban J connectivity index is 1.86. The maximum Gasteiger partial charge on any atom is 0.242 e. The van der Waals surface area contributed by atoms with Crippen molar-refractivity contribution in [2.24, 2.45) is 0 Å². The molecule has 2 aromatic carbocycles. The Hall–Kier alpha value is -3.02. The molecule has 2 amide bonds. The molecule has 2 rings (SSSR count). The number of amides is 2. The van der Waals surface area contributed by atoms with Crippen molar-refractivity contribution < 1.29 is 19.1 Å². The van der Waals surface area contributed by atoms with Crippen LogP contribution in [0.4, 0.5) is 0 Å². The first-order valence-corrected chi connectivity index (χ1v) is 7.45. The zero-order chi connectivity index (χ0) is 17.4. The molecule has 0 aliphatic rings. The molecule has 24 heavy (non-hydrogen) atoms. The van der Waals surface area contributed by atoms with Gasteiger partial charge in [0.25, 0.3) is 0 Å². The van der Waals surface area contributed by atoms with E-state index in [-0.39, 0.29) is 24.7 Å². The summed E-state index contributed by atoms with van der Waals surface area (Å²) in [5.41, 5.74) is 6.39. The molecule has 0 aliphatic carbocycles. The van der Waals surface area contributed by atoms with Crippen LogP contribution in [0.5, 0.6) is 11.5 Å². The van der Waals surface area contributed by atoms with Crippen LogP contribution >= 0.6 is 0 Å². The third-order valence-electron chi connectivity index (χ3n) is 3.39. The van der Waals surface area contributed by atoms with Gasteiger partial charge >= 0.3 is 0 Å². The Labute approximate surface area is 140 Å². The summed E-state index contributed by atoms with van der Waals surface area (Å²) in [5.74, 6) is 0.586. The van der Waals surface area contributed by atoms with Crippen LogP contribution in [0.2, 0.25) is 0 Å². The third kappa shape index (κ3) is 5.01. The molecule has 0 heterocycles. The maximum atomic E-state index is 12.0. The van der Waals surface area contributed by atoms with Crippen LogP contribution in [0.3, 0.4) is 0 Å². The van der Waals surface area contributed by atoms with Crippen molar-refractivity contribution in [1.82, 2.24) is 10.9 Å². The molecule has 6 heteroatoms. The first kappa shape index (κ1) is 17.3. The molecule has 0 saturated heterocycles. The van der Waals surface area contributed by atoms with Crippen LogP contribution < -0.4 is 20.3 Å². The van der Waals surface area contributed by atoms with Crippen molar-refractivity contribution in [2.45, 2.75) is 12.8 Å². The molecule has 6 nitrogen and oxygen atoms in total. The van der Waals surface area contributed by atoms with Gasteiger partial charge in [0.15, 0.2) is 0 Å². The number of ether oxygens (including phenoxy) is 2. The number of carbonyl (C=O) groups excluding carboxylic acids is 2. The molecule has 126 valence electrons. The summed E-state index contributed by atoms with van der Waals surface area (Å²) in [6.45, 7) is 0. The SMILES string of the molecule is COc1ccc(CC(=O)NNC(=O)Cc2ccccc2)c(OC)c1. The molecule has 0 aliphatic heterocycles. The van der Waals surface area contributed by atoms with E-state index < -0.39 is 0 Å². The summed E-state index contributed by atoms with van der Waals surface area (Å²) in [6.07, 6.45) is 0.283. The Morgan fingerprint density at radius 3 is 2.17 bits per heavy atom. The van der Waals surface area contributed by atoms with E-state index >= 15 is 0 Å². The summed E-state index contributed by atoms with van der Waals surface area (Å²) >= 11 is 0. The highest BCUT2D eigenvalue weighted by atomic mass is 16.5. The van der Waals surface area contributed by atoms with Gasteiger partial charge in [-0.1, -0.05) is 36.4 Å². The van der Waals surface area contributed by atoms with Gasteiger partial charge in [-0.05, 0) is 11.6 Å². The number of hydrogen-bond donors (Lipinski definition) is 2. The first-order chi connectivity index (χ1) is 11.6. The molecular formula is C18H20N2O4. The Kier molecular flexibility index (Phi) is 6.19. The lowest BCUT2D eigenvalue weighted by atomic mass is 10.1. The molecular weight excluding hydrogens is 308 g/mol. The van der Waals surface area contributed by atoms with Crippen molar-refractivity contribution in [1.29, 1.82) is 0 Å². The van der Waals surface area contributed by atoms with Crippen LogP contribution in [0.1, 0.15) is 11.1 Å². The highest BCUT2D eigenvalue weighted by molar-refractivity contribution is 5.84. The van der Waals surface area contributed by atoms with E-state index in [4.69, 9.17) is 9.47 Å². The second-order valence-corrected chi connectivity index (χ2v) is 5.11. The summed E-state index contributed by atoms with van der Waals surface area (Å²) in [6, 6.07) is 14.5. The number of methoxy groups -OCH3 is 2. The molecule has 0 radical (unpaired) electrons.